The van der Waals surface area contributed by atoms with E-state index < -0.39 is 11.6 Å². The second-order valence-corrected chi connectivity index (χ2v) is 6.11. The molecule has 0 aliphatic heterocycles. The van der Waals surface area contributed by atoms with Gasteiger partial charge in [-0.3, -0.25) is 0 Å². The summed E-state index contributed by atoms with van der Waals surface area (Å²) in [6, 6.07) is 15.0. The normalized spacial score (nSPS) is 11.1. The number of hydrogen-bond donors (Lipinski definition) is 0. The van der Waals surface area contributed by atoms with E-state index in [0.29, 0.717) is 11.1 Å². The van der Waals surface area contributed by atoms with Crippen molar-refractivity contribution < 1.29 is 17.9 Å². The zero-order valence-electron chi connectivity index (χ0n) is 15.1. The smallest absolute Gasteiger partial charge is 0.201 e. The molecule has 0 spiro atoms. The first-order valence-electron chi connectivity index (χ1n) is 8.62. The van der Waals surface area contributed by atoms with Crippen LogP contribution in [0.1, 0.15) is 23.6 Å². The van der Waals surface area contributed by atoms with Crippen molar-refractivity contribution in [3.8, 4) is 16.9 Å². The van der Waals surface area contributed by atoms with Gasteiger partial charge in [0.05, 0.1) is 7.11 Å². The molecular weight excluding hydrogens is 349 g/mol. The van der Waals surface area contributed by atoms with Crippen molar-refractivity contribution in [3.05, 3.63) is 88.7 Å². The lowest BCUT2D eigenvalue weighted by molar-refractivity contribution is 0.372. The fraction of sp³-hybridized carbons (Fsp3) is 0.130. The second kappa shape index (κ2) is 8.12. The summed E-state index contributed by atoms with van der Waals surface area (Å²) in [5, 5.41) is 0. The van der Waals surface area contributed by atoms with E-state index in [4.69, 9.17) is 4.74 Å². The van der Waals surface area contributed by atoms with Crippen molar-refractivity contribution in [1.82, 2.24) is 0 Å². The molecule has 3 aromatic rings. The summed E-state index contributed by atoms with van der Waals surface area (Å²) in [5.41, 5.74) is 2.98. The number of methoxy groups -OCH3 is 1. The zero-order valence-corrected chi connectivity index (χ0v) is 15.1. The highest BCUT2D eigenvalue weighted by molar-refractivity contribution is 5.72. The summed E-state index contributed by atoms with van der Waals surface area (Å²) in [5.74, 6) is -2.36. The average molecular weight is 368 g/mol. The topological polar surface area (TPSA) is 9.23 Å². The Balaban J connectivity index is 1.83. The van der Waals surface area contributed by atoms with Gasteiger partial charge in [0.15, 0.2) is 11.6 Å². The monoisotopic (exact) mass is 368 g/mol. The SMILES string of the molecule is CCc1ccc(/C=C/c2ccc(-c3ccc(OC)c(F)c3F)cc2)c(F)c1. The van der Waals surface area contributed by atoms with Gasteiger partial charge in [0.25, 0.3) is 0 Å². The van der Waals surface area contributed by atoms with Gasteiger partial charge in [0, 0.05) is 11.1 Å². The lowest BCUT2D eigenvalue weighted by Crippen LogP contribution is -1.94. The van der Waals surface area contributed by atoms with Gasteiger partial charge in [-0.05, 0) is 41.3 Å². The average Bonchev–Trinajstić information content (AvgIpc) is 2.69. The molecule has 0 radical (unpaired) electrons. The highest BCUT2D eigenvalue weighted by atomic mass is 19.2. The van der Waals surface area contributed by atoms with Gasteiger partial charge < -0.3 is 4.74 Å². The Morgan fingerprint density at radius 1 is 0.852 bits per heavy atom. The Hall–Kier alpha value is -3.01. The van der Waals surface area contributed by atoms with Crippen LogP contribution in [0.2, 0.25) is 0 Å². The van der Waals surface area contributed by atoms with E-state index in [0.717, 1.165) is 17.5 Å². The Labute approximate surface area is 156 Å². The molecular formula is C23H19F3O. The zero-order chi connectivity index (χ0) is 19.4. The molecule has 0 aliphatic carbocycles. The number of halogens is 3. The van der Waals surface area contributed by atoms with Gasteiger partial charge in [-0.15, -0.1) is 0 Å². The van der Waals surface area contributed by atoms with Crippen LogP contribution in [0.5, 0.6) is 5.75 Å². The molecule has 1 nitrogen and oxygen atoms in total. The molecule has 0 fully saturated rings. The van der Waals surface area contributed by atoms with Crippen molar-refractivity contribution in [1.29, 1.82) is 0 Å². The van der Waals surface area contributed by atoms with Crippen LogP contribution in [0.4, 0.5) is 13.2 Å². The molecule has 0 aromatic heterocycles. The van der Waals surface area contributed by atoms with Crippen molar-refractivity contribution >= 4 is 12.2 Å². The highest BCUT2D eigenvalue weighted by Crippen LogP contribution is 2.30. The Kier molecular flexibility index (Phi) is 5.65. The minimum Gasteiger partial charge on any atom is -0.494 e. The molecule has 0 heterocycles. The second-order valence-electron chi connectivity index (χ2n) is 6.11. The van der Waals surface area contributed by atoms with Gasteiger partial charge >= 0.3 is 0 Å². The molecule has 0 aliphatic rings. The van der Waals surface area contributed by atoms with E-state index >= 15 is 0 Å². The number of rotatable bonds is 5. The molecule has 0 unspecified atom stereocenters. The minimum absolute atomic E-state index is 0.132. The minimum atomic E-state index is -1.01. The fourth-order valence-electron chi connectivity index (χ4n) is 2.80. The van der Waals surface area contributed by atoms with Gasteiger partial charge in [0.2, 0.25) is 5.82 Å². The first-order chi connectivity index (χ1) is 13.0. The third-order valence-corrected chi connectivity index (χ3v) is 4.42. The van der Waals surface area contributed by atoms with Crippen LogP contribution in [-0.2, 0) is 6.42 Å². The predicted molar refractivity (Wildman–Crippen MR) is 103 cm³/mol. The molecule has 0 bridgehead atoms. The number of benzene rings is 3. The maximum atomic E-state index is 14.2. The molecule has 3 aromatic carbocycles. The van der Waals surface area contributed by atoms with E-state index in [9.17, 15) is 13.2 Å². The molecule has 4 heteroatoms. The number of ether oxygens (including phenoxy) is 1. The maximum absolute atomic E-state index is 14.2. The predicted octanol–water partition coefficient (Wildman–Crippen LogP) is 6.51. The standard InChI is InChI=1S/C23H19F3O/c1-3-15-4-10-18(20(24)14-15)11-7-16-5-8-17(9-6-16)19-12-13-21(27-2)23(26)22(19)25/h4-14H,3H2,1-2H3/b11-7+. The van der Waals surface area contributed by atoms with Crippen LogP contribution in [0.3, 0.4) is 0 Å². The van der Waals surface area contributed by atoms with E-state index in [2.05, 4.69) is 0 Å². The summed E-state index contributed by atoms with van der Waals surface area (Å²) >= 11 is 0. The third-order valence-electron chi connectivity index (χ3n) is 4.42. The quantitative estimate of drug-likeness (QED) is 0.466. The van der Waals surface area contributed by atoms with Gasteiger partial charge in [0.1, 0.15) is 5.82 Å². The summed E-state index contributed by atoms with van der Waals surface area (Å²) in [6.07, 6.45) is 4.25. The van der Waals surface area contributed by atoms with E-state index in [1.807, 2.05) is 13.0 Å². The molecule has 3 rings (SSSR count). The molecule has 0 atom stereocenters. The van der Waals surface area contributed by atoms with Crippen LogP contribution in [0, 0.1) is 17.5 Å². The molecule has 0 amide bonds. The summed E-state index contributed by atoms with van der Waals surface area (Å²) in [4.78, 5) is 0. The molecule has 0 saturated heterocycles. The number of hydrogen-bond acceptors (Lipinski definition) is 1. The Morgan fingerprint density at radius 2 is 1.59 bits per heavy atom. The molecule has 27 heavy (non-hydrogen) atoms. The maximum Gasteiger partial charge on any atom is 0.201 e. The van der Waals surface area contributed by atoms with Crippen molar-refractivity contribution in [2.24, 2.45) is 0 Å². The summed E-state index contributed by atoms with van der Waals surface area (Å²) < 4.78 is 46.9. The van der Waals surface area contributed by atoms with Crippen LogP contribution < -0.4 is 4.74 Å². The lowest BCUT2D eigenvalue weighted by atomic mass is 10.0. The van der Waals surface area contributed by atoms with Crippen molar-refractivity contribution in [2.75, 3.05) is 7.11 Å². The lowest BCUT2D eigenvalue weighted by Gasteiger charge is -2.08. The molecule has 0 N–H and O–H groups in total. The van der Waals surface area contributed by atoms with E-state index in [1.54, 1.807) is 42.5 Å². The largest absolute Gasteiger partial charge is 0.494 e. The van der Waals surface area contributed by atoms with E-state index in [1.165, 1.54) is 25.3 Å². The van der Waals surface area contributed by atoms with Gasteiger partial charge in [-0.2, -0.15) is 4.39 Å². The van der Waals surface area contributed by atoms with Crippen LogP contribution in [0.15, 0.2) is 54.6 Å². The fourth-order valence-corrected chi connectivity index (χ4v) is 2.80. The van der Waals surface area contributed by atoms with Gasteiger partial charge in [-0.1, -0.05) is 55.5 Å². The van der Waals surface area contributed by atoms with Crippen LogP contribution >= 0.6 is 0 Å². The van der Waals surface area contributed by atoms with Crippen LogP contribution in [-0.4, -0.2) is 7.11 Å². The van der Waals surface area contributed by atoms with Gasteiger partial charge in [-0.25, -0.2) is 8.78 Å². The first kappa shape index (κ1) is 18.8. The van der Waals surface area contributed by atoms with E-state index in [-0.39, 0.29) is 17.1 Å². The number of aryl methyl sites for hydroxylation is 1. The Bertz CT molecular complexity index is 976. The highest BCUT2D eigenvalue weighted by Gasteiger charge is 2.14. The van der Waals surface area contributed by atoms with Crippen molar-refractivity contribution in [2.45, 2.75) is 13.3 Å². The first-order valence-corrected chi connectivity index (χ1v) is 8.62. The Morgan fingerprint density at radius 3 is 2.22 bits per heavy atom. The summed E-state index contributed by atoms with van der Waals surface area (Å²) in [7, 11) is 1.29. The van der Waals surface area contributed by atoms with Crippen LogP contribution in [0.25, 0.3) is 23.3 Å². The molecule has 0 saturated carbocycles. The van der Waals surface area contributed by atoms with Crippen molar-refractivity contribution in [3.63, 3.8) is 0 Å². The summed E-state index contributed by atoms with van der Waals surface area (Å²) in [6.45, 7) is 1.98. The molecule has 138 valence electrons. The third kappa shape index (κ3) is 4.05.